The van der Waals surface area contributed by atoms with Gasteiger partial charge < -0.3 is 0 Å². The standard InChI is InChI=1S/C26H14F4OS2/c1-2-3-15-8-21(27)19(22(28)9-15)7-6-18-13-26-25(33-18)12-17(32-26)5-4-16-10-23(29)20(14-31)24(30)11-16/h8-14H,2-3H2,1H3. The number of hydrogen-bond donors (Lipinski definition) is 0. The van der Waals surface area contributed by atoms with Crippen LogP contribution in [0.4, 0.5) is 17.6 Å². The molecule has 2 aromatic carbocycles. The number of benzene rings is 2. The van der Waals surface area contributed by atoms with Gasteiger partial charge in [0.25, 0.3) is 0 Å². The number of rotatable bonds is 3. The second-order valence-electron chi connectivity index (χ2n) is 7.11. The third kappa shape index (κ3) is 5.01. The molecule has 0 saturated heterocycles. The first-order valence-electron chi connectivity index (χ1n) is 9.87. The second-order valence-corrected chi connectivity index (χ2v) is 9.27. The van der Waals surface area contributed by atoms with Gasteiger partial charge in [0.2, 0.25) is 0 Å². The van der Waals surface area contributed by atoms with Crippen LogP contribution in [0.1, 0.15) is 50.1 Å². The highest BCUT2D eigenvalue weighted by atomic mass is 32.1. The monoisotopic (exact) mass is 482 g/mol. The zero-order chi connectivity index (χ0) is 23.5. The van der Waals surface area contributed by atoms with Crippen molar-refractivity contribution in [2.45, 2.75) is 19.8 Å². The molecule has 0 radical (unpaired) electrons. The van der Waals surface area contributed by atoms with Crippen molar-refractivity contribution in [2.24, 2.45) is 0 Å². The van der Waals surface area contributed by atoms with Crippen molar-refractivity contribution < 1.29 is 22.4 Å². The van der Waals surface area contributed by atoms with Crippen molar-refractivity contribution in [1.82, 2.24) is 0 Å². The number of carbonyl (C=O) groups is 1. The predicted molar refractivity (Wildman–Crippen MR) is 124 cm³/mol. The lowest BCUT2D eigenvalue weighted by atomic mass is 10.1. The third-order valence-corrected chi connectivity index (χ3v) is 6.81. The zero-order valence-electron chi connectivity index (χ0n) is 17.2. The fourth-order valence-electron chi connectivity index (χ4n) is 3.16. The van der Waals surface area contributed by atoms with E-state index >= 15 is 0 Å². The van der Waals surface area contributed by atoms with Crippen molar-refractivity contribution in [3.05, 3.63) is 91.7 Å². The molecule has 164 valence electrons. The van der Waals surface area contributed by atoms with Crippen LogP contribution in [-0.4, -0.2) is 6.29 Å². The smallest absolute Gasteiger partial charge is 0.155 e. The van der Waals surface area contributed by atoms with E-state index in [2.05, 4.69) is 23.7 Å². The van der Waals surface area contributed by atoms with Gasteiger partial charge >= 0.3 is 0 Å². The topological polar surface area (TPSA) is 17.1 Å². The molecule has 0 aliphatic carbocycles. The van der Waals surface area contributed by atoms with Gasteiger partial charge in [-0.05, 0) is 48.4 Å². The van der Waals surface area contributed by atoms with E-state index in [-0.39, 0.29) is 17.4 Å². The van der Waals surface area contributed by atoms with E-state index in [1.165, 1.54) is 34.8 Å². The van der Waals surface area contributed by atoms with Gasteiger partial charge in [-0.25, -0.2) is 17.6 Å². The number of aldehydes is 1. The molecule has 0 bridgehead atoms. The maximum atomic E-state index is 14.2. The minimum Gasteiger partial charge on any atom is -0.298 e. The van der Waals surface area contributed by atoms with Gasteiger partial charge in [-0.15, -0.1) is 22.7 Å². The molecular formula is C26H14F4OS2. The second kappa shape index (κ2) is 9.62. The maximum absolute atomic E-state index is 14.2. The summed E-state index contributed by atoms with van der Waals surface area (Å²) in [6.07, 6.45) is 1.52. The van der Waals surface area contributed by atoms with Gasteiger partial charge in [0.15, 0.2) is 6.29 Å². The van der Waals surface area contributed by atoms with E-state index in [0.29, 0.717) is 21.7 Å². The van der Waals surface area contributed by atoms with Crippen molar-refractivity contribution >= 4 is 38.4 Å². The first-order valence-corrected chi connectivity index (χ1v) is 11.5. The summed E-state index contributed by atoms with van der Waals surface area (Å²) in [7, 11) is 0. The number of aryl methyl sites for hydroxylation is 1. The quantitative estimate of drug-likeness (QED) is 0.173. The van der Waals surface area contributed by atoms with Crippen LogP contribution in [0, 0.1) is 47.0 Å². The Morgan fingerprint density at radius 1 is 0.758 bits per heavy atom. The third-order valence-electron chi connectivity index (χ3n) is 4.69. The molecular weight excluding hydrogens is 468 g/mol. The zero-order valence-corrected chi connectivity index (χ0v) is 18.8. The van der Waals surface area contributed by atoms with Crippen LogP contribution in [0.15, 0.2) is 36.4 Å². The lowest BCUT2D eigenvalue weighted by Gasteiger charge is -2.02. The van der Waals surface area contributed by atoms with Crippen LogP contribution in [0.2, 0.25) is 0 Å². The molecule has 2 heterocycles. The number of carbonyl (C=O) groups excluding carboxylic acids is 1. The normalized spacial score (nSPS) is 10.5. The number of hydrogen-bond acceptors (Lipinski definition) is 3. The highest BCUT2D eigenvalue weighted by molar-refractivity contribution is 7.28. The number of fused-ring (bicyclic) bond motifs is 1. The Balaban J connectivity index is 1.57. The Morgan fingerprint density at radius 3 is 1.82 bits per heavy atom. The van der Waals surface area contributed by atoms with Crippen LogP contribution in [0.3, 0.4) is 0 Å². The Labute approximate surface area is 195 Å². The van der Waals surface area contributed by atoms with Crippen molar-refractivity contribution in [3.8, 4) is 23.7 Å². The molecule has 33 heavy (non-hydrogen) atoms. The Kier molecular flexibility index (Phi) is 6.65. The number of thiophene rings is 2. The van der Waals surface area contributed by atoms with Gasteiger partial charge in [-0.3, -0.25) is 4.79 Å². The summed E-state index contributed by atoms with van der Waals surface area (Å²) >= 11 is 2.72. The van der Waals surface area contributed by atoms with Crippen LogP contribution < -0.4 is 0 Å². The summed E-state index contributed by atoms with van der Waals surface area (Å²) in [6.45, 7) is 1.94. The Hall–Kier alpha value is -3.39. The molecule has 0 fully saturated rings. The molecule has 0 amide bonds. The summed E-state index contributed by atoms with van der Waals surface area (Å²) in [4.78, 5) is 12.0. The molecule has 4 rings (SSSR count). The van der Waals surface area contributed by atoms with Crippen LogP contribution >= 0.6 is 22.7 Å². The minimum absolute atomic E-state index is 0.118. The van der Waals surface area contributed by atoms with Gasteiger partial charge in [-0.1, -0.05) is 37.0 Å². The van der Waals surface area contributed by atoms with Crippen molar-refractivity contribution in [2.75, 3.05) is 0 Å². The summed E-state index contributed by atoms with van der Waals surface area (Å²) in [5.41, 5.74) is -0.151. The van der Waals surface area contributed by atoms with Gasteiger partial charge in [-0.2, -0.15) is 0 Å². The van der Waals surface area contributed by atoms with Gasteiger partial charge in [0, 0.05) is 15.0 Å². The maximum Gasteiger partial charge on any atom is 0.155 e. The van der Waals surface area contributed by atoms with E-state index in [1.807, 2.05) is 19.1 Å². The number of halogens is 4. The molecule has 7 heteroatoms. The first-order chi connectivity index (χ1) is 15.9. The fraction of sp³-hybridized carbons (Fsp3) is 0.115. The lowest BCUT2D eigenvalue weighted by Crippen LogP contribution is -1.94. The predicted octanol–water partition coefficient (Wildman–Crippen LogP) is 7.08. The molecule has 0 spiro atoms. The SMILES string of the molecule is CCCc1cc(F)c(C#Cc2cc3sc(C#Cc4cc(F)c(C=O)c(F)c4)cc3s2)c(F)c1. The summed E-state index contributed by atoms with van der Waals surface area (Å²) in [5, 5.41) is 0. The van der Waals surface area contributed by atoms with E-state index in [1.54, 1.807) is 0 Å². The molecule has 2 aromatic heterocycles. The lowest BCUT2D eigenvalue weighted by molar-refractivity contribution is 0.111. The van der Waals surface area contributed by atoms with Crippen LogP contribution in [0.5, 0.6) is 0 Å². The first kappa shape index (κ1) is 22.8. The minimum atomic E-state index is -0.961. The molecule has 1 nitrogen and oxygen atoms in total. The van der Waals surface area contributed by atoms with Gasteiger partial charge in [0.05, 0.1) is 20.9 Å². The van der Waals surface area contributed by atoms with Crippen molar-refractivity contribution in [1.29, 1.82) is 0 Å². The summed E-state index contributed by atoms with van der Waals surface area (Å²) in [6, 6.07) is 8.28. The molecule has 0 aliphatic rings. The Bertz CT molecular complexity index is 1430. The van der Waals surface area contributed by atoms with Crippen LogP contribution in [0.25, 0.3) is 9.40 Å². The highest BCUT2D eigenvalue weighted by Crippen LogP contribution is 2.32. The summed E-state index contributed by atoms with van der Waals surface area (Å²) < 4.78 is 57.7. The molecule has 0 atom stereocenters. The van der Waals surface area contributed by atoms with Gasteiger partial charge in [0.1, 0.15) is 23.3 Å². The molecule has 0 saturated carbocycles. The van der Waals surface area contributed by atoms with E-state index in [9.17, 15) is 22.4 Å². The molecule has 0 aliphatic heterocycles. The largest absolute Gasteiger partial charge is 0.298 e. The van der Waals surface area contributed by atoms with E-state index in [4.69, 9.17) is 0 Å². The van der Waals surface area contributed by atoms with Crippen molar-refractivity contribution in [3.63, 3.8) is 0 Å². The highest BCUT2D eigenvalue weighted by Gasteiger charge is 2.11. The van der Waals surface area contributed by atoms with E-state index < -0.39 is 28.8 Å². The molecule has 4 aromatic rings. The average Bonchev–Trinajstić information content (AvgIpc) is 3.30. The molecule has 0 N–H and O–H groups in total. The molecule has 0 unspecified atom stereocenters. The summed E-state index contributed by atoms with van der Waals surface area (Å²) in [5.74, 6) is 7.69. The Morgan fingerprint density at radius 2 is 1.30 bits per heavy atom. The van der Waals surface area contributed by atoms with E-state index in [0.717, 1.165) is 28.0 Å². The van der Waals surface area contributed by atoms with Crippen LogP contribution in [-0.2, 0) is 6.42 Å². The average molecular weight is 483 g/mol. The fourth-order valence-corrected chi connectivity index (χ4v) is 5.27.